The highest BCUT2D eigenvalue weighted by Gasteiger charge is 2.24. The summed E-state index contributed by atoms with van der Waals surface area (Å²) in [5.41, 5.74) is 0. The highest BCUT2D eigenvalue weighted by Crippen LogP contribution is 2.32. The van der Waals surface area contributed by atoms with Crippen LogP contribution in [0.5, 0.6) is 0 Å². The molecule has 0 unspecified atom stereocenters. The Kier molecular flexibility index (Phi) is 5.52. The molecule has 1 aliphatic rings. The van der Waals surface area contributed by atoms with Crippen molar-refractivity contribution in [2.75, 3.05) is 30.3 Å². The number of halogens is 1. The molecular weight excluding hydrogens is 294 g/mol. The van der Waals surface area contributed by atoms with Crippen molar-refractivity contribution in [1.29, 1.82) is 0 Å². The van der Waals surface area contributed by atoms with E-state index in [1.165, 1.54) is 0 Å². The fourth-order valence-electron chi connectivity index (χ4n) is 2.12. The van der Waals surface area contributed by atoms with Crippen LogP contribution in [-0.2, 0) is 11.3 Å². The summed E-state index contributed by atoms with van der Waals surface area (Å²) in [6.07, 6.45) is 1.14. The first kappa shape index (κ1) is 15.9. The zero-order valence-electron chi connectivity index (χ0n) is 12.4. The molecule has 1 aliphatic heterocycles. The molecule has 1 saturated heterocycles. The Labute approximate surface area is 130 Å². The molecule has 0 spiro atoms. The van der Waals surface area contributed by atoms with E-state index in [2.05, 4.69) is 28.7 Å². The van der Waals surface area contributed by atoms with E-state index in [1.54, 1.807) is 0 Å². The predicted molar refractivity (Wildman–Crippen MR) is 85.7 cm³/mol. The monoisotopic (exact) mass is 315 g/mol. The van der Waals surface area contributed by atoms with Crippen LogP contribution in [0.4, 0.5) is 5.82 Å². The van der Waals surface area contributed by atoms with Crippen LogP contribution in [0.3, 0.4) is 0 Å². The largest absolute Gasteiger partial charge is 0.374 e. The Hall–Kier alpha value is -0.520. The smallest absolute Gasteiger partial charge is 0.158 e. The second-order valence-corrected chi connectivity index (χ2v) is 7.64. The van der Waals surface area contributed by atoms with Gasteiger partial charge in [0.25, 0.3) is 0 Å². The molecule has 2 rings (SSSR count). The van der Waals surface area contributed by atoms with Crippen molar-refractivity contribution in [3.63, 3.8) is 0 Å². The molecule has 20 heavy (non-hydrogen) atoms. The second-order valence-electron chi connectivity index (χ2n) is 5.45. The Morgan fingerprint density at radius 3 is 2.95 bits per heavy atom. The summed E-state index contributed by atoms with van der Waals surface area (Å²) >= 11 is 8.13. The summed E-state index contributed by atoms with van der Waals surface area (Å²) in [7, 11) is 0. The quantitative estimate of drug-likeness (QED) is 0.796. The minimum absolute atomic E-state index is 0.333. The van der Waals surface area contributed by atoms with Crippen LogP contribution in [0.25, 0.3) is 0 Å². The van der Waals surface area contributed by atoms with E-state index in [1.807, 2.05) is 24.8 Å². The Bertz CT molecular complexity index is 456. The van der Waals surface area contributed by atoms with Crippen LogP contribution in [0.1, 0.15) is 33.0 Å². The van der Waals surface area contributed by atoms with E-state index in [0.29, 0.717) is 28.9 Å². The molecule has 0 atom stereocenters. The van der Waals surface area contributed by atoms with Gasteiger partial charge in [0.1, 0.15) is 17.6 Å². The average molecular weight is 316 g/mol. The number of anilines is 1. The third-order valence-corrected chi connectivity index (χ3v) is 4.89. The fraction of sp³-hybridized carbons (Fsp3) is 0.714. The van der Waals surface area contributed by atoms with Gasteiger partial charge in [-0.05, 0) is 13.3 Å². The number of rotatable bonds is 4. The van der Waals surface area contributed by atoms with E-state index in [9.17, 15) is 0 Å². The number of thioether (sulfide) groups is 1. The van der Waals surface area contributed by atoms with Crippen molar-refractivity contribution in [2.45, 2.75) is 38.5 Å². The van der Waals surface area contributed by atoms with Gasteiger partial charge < -0.3 is 9.64 Å². The number of aromatic nitrogens is 2. The summed E-state index contributed by atoms with van der Waals surface area (Å²) in [6.45, 7) is 9.62. The van der Waals surface area contributed by atoms with Gasteiger partial charge in [0.2, 0.25) is 0 Å². The zero-order chi connectivity index (χ0) is 14.6. The van der Waals surface area contributed by atoms with E-state index >= 15 is 0 Å². The lowest BCUT2D eigenvalue weighted by atomic mass is 10.1. The summed E-state index contributed by atoms with van der Waals surface area (Å²) < 4.78 is 5.70. The Morgan fingerprint density at radius 1 is 1.40 bits per heavy atom. The van der Waals surface area contributed by atoms with Gasteiger partial charge in [-0.3, -0.25) is 0 Å². The second kappa shape index (κ2) is 6.96. The molecule has 1 aromatic rings. The standard InChI is InChI=1S/C14H22ClN3OS/c1-4-19-10-12-16-11(15)9-13(17-12)18-6-5-14(2,3)20-8-7-18/h9H,4-8,10H2,1-3H3. The first-order valence-corrected chi connectivity index (χ1v) is 8.36. The molecule has 0 amide bonds. The van der Waals surface area contributed by atoms with E-state index < -0.39 is 0 Å². The fourth-order valence-corrected chi connectivity index (χ4v) is 3.42. The molecule has 4 nitrogen and oxygen atoms in total. The van der Waals surface area contributed by atoms with Gasteiger partial charge in [-0.15, -0.1) is 0 Å². The van der Waals surface area contributed by atoms with E-state index in [0.717, 1.165) is 31.1 Å². The summed E-state index contributed by atoms with van der Waals surface area (Å²) in [4.78, 5) is 11.1. The third kappa shape index (κ3) is 4.50. The molecular formula is C14H22ClN3OS. The number of hydrogen-bond acceptors (Lipinski definition) is 5. The van der Waals surface area contributed by atoms with Crippen LogP contribution in [0.2, 0.25) is 5.15 Å². The normalized spacial score (nSPS) is 18.9. The molecule has 0 radical (unpaired) electrons. The summed E-state index contributed by atoms with van der Waals surface area (Å²) in [5, 5.41) is 0.487. The lowest BCUT2D eigenvalue weighted by molar-refractivity contribution is 0.128. The molecule has 0 saturated carbocycles. The van der Waals surface area contributed by atoms with Crippen molar-refractivity contribution in [1.82, 2.24) is 9.97 Å². The first-order chi connectivity index (χ1) is 9.50. The summed E-state index contributed by atoms with van der Waals surface area (Å²) in [6, 6.07) is 1.85. The Balaban J connectivity index is 2.13. The minimum Gasteiger partial charge on any atom is -0.374 e. The molecule has 0 aromatic carbocycles. The van der Waals surface area contributed by atoms with Gasteiger partial charge in [0.15, 0.2) is 5.82 Å². The number of hydrogen-bond donors (Lipinski definition) is 0. The van der Waals surface area contributed by atoms with Gasteiger partial charge in [-0.1, -0.05) is 25.4 Å². The van der Waals surface area contributed by atoms with Crippen molar-refractivity contribution in [3.05, 3.63) is 17.0 Å². The lowest BCUT2D eigenvalue weighted by Crippen LogP contribution is -2.28. The number of ether oxygens (including phenoxy) is 1. The maximum absolute atomic E-state index is 6.11. The van der Waals surface area contributed by atoms with Crippen molar-refractivity contribution in [3.8, 4) is 0 Å². The van der Waals surface area contributed by atoms with Crippen LogP contribution in [-0.4, -0.2) is 40.2 Å². The van der Waals surface area contributed by atoms with E-state index in [4.69, 9.17) is 16.3 Å². The minimum atomic E-state index is 0.333. The van der Waals surface area contributed by atoms with Crippen LogP contribution < -0.4 is 4.90 Å². The van der Waals surface area contributed by atoms with Crippen LogP contribution >= 0.6 is 23.4 Å². The van der Waals surface area contributed by atoms with Crippen molar-refractivity contribution >= 4 is 29.2 Å². The summed E-state index contributed by atoms with van der Waals surface area (Å²) in [5.74, 6) is 2.68. The predicted octanol–water partition coefficient (Wildman–Crippen LogP) is 3.39. The SMILES string of the molecule is CCOCc1nc(Cl)cc(N2CCSC(C)(C)CC2)n1. The van der Waals surface area contributed by atoms with Crippen molar-refractivity contribution < 1.29 is 4.74 Å². The molecule has 1 aromatic heterocycles. The third-order valence-electron chi connectivity index (χ3n) is 3.32. The highest BCUT2D eigenvalue weighted by molar-refractivity contribution is 8.00. The van der Waals surface area contributed by atoms with Gasteiger partial charge >= 0.3 is 0 Å². The van der Waals surface area contributed by atoms with Crippen LogP contribution in [0, 0.1) is 0 Å². The van der Waals surface area contributed by atoms with Gasteiger partial charge in [0, 0.05) is 36.3 Å². The molecule has 0 aliphatic carbocycles. The van der Waals surface area contributed by atoms with Crippen molar-refractivity contribution in [2.24, 2.45) is 0 Å². The highest BCUT2D eigenvalue weighted by atomic mass is 35.5. The van der Waals surface area contributed by atoms with Gasteiger partial charge in [0.05, 0.1) is 0 Å². The molecule has 1 fully saturated rings. The lowest BCUT2D eigenvalue weighted by Gasteiger charge is -2.23. The topological polar surface area (TPSA) is 38.2 Å². The molecule has 0 bridgehead atoms. The maximum Gasteiger partial charge on any atom is 0.158 e. The van der Waals surface area contributed by atoms with Gasteiger partial charge in [-0.2, -0.15) is 11.8 Å². The maximum atomic E-state index is 6.11. The molecule has 6 heteroatoms. The molecule has 0 N–H and O–H groups in total. The Morgan fingerprint density at radius 2 is 2.20 bits per heavy atom. The molecule has 112 valence electrons. The number of nitrogens with zero attached hydrogens (tertiary/aromatic N) is 3. The van der Waals surface area contributed by atoms with Crippen LogP contribution in [0.15, 0.2) is 6.07 Å². The first-order valence-electron chi connectivity index (χ1n) is 7.00. The molecule has 2 heterocycles. The van der Waals surface area contributed by atoms with Gasteiger partial charge in [-0.25, -0.2) is 9.97 Å². The zero-order valence-corrected chi connectivity index (χ0v) is 13.9. The van der Waals surface area contributed by atoms with E-state index in [-0.39, 0.29) is 0 Å². The average Bonchev–Trinajstić information content (AvgIpc) is 2.57.